The van der Waals surface area contributed by atoms with Crippen LogP contribution in [0.2, 0.25) is 19.1 Å². The lowest BCUT2D eigenvalue weighted by Crippen LogP contribution is -2.34. The van der Waals surface area contributed by atoms with E-state index in [1.54, 1.807) is 0 Å². The molecule has 0 saturated carbocycles. The fourth-order valence-corrected chi connectivity index (χ4v) is 5.53. The summed E-state index contributed by atoms with van der Waals surface area (Å²) in [7, 11) is -1.55. The van der Waals surface area contributed by atoms with Gasteiger partial charge in [-0.25, -0.2) is 0 Å². The molecule has 0 fully saturated rings. The maximum absolute atomic E-state index is 8.63. The van der Waals surface area contributed by atoms with Gasteiger partial charge in [-0.15, -0.1) is 0 Å². The number of nitrogens with zero attached hydrogens (tertiary/aromatic N) is 1. The fourth-order valence-electron chi connectivity index (χ4n) is 3.17. The van der Waals surface area contributed by atoms with E-state index < -0.39 is 8.32 Å². The maximum atomic E-state index is 8.63. The van der Waals surface area contributed by atoms with E-state index in [1.807, 2.05) is 0 Å². The molecule has 0 aliphatic heterocycles. The molecule has 136 valence electrons. The number of rotatable bonds is 16. The predicted octanol–water partition coefficient (Wildman–Crippen LogP) is 7.21. The minimum absolute atomic E-state index is 0.396. The van der Waals surface area contributed by atoms with Crippen LogP contribution < -0.4 is 0 Å². The Labute approximate surface area is 147 Å². The average Bonchev–Trinajstić information content (AvgIpc) is 2.48. The zero-order valence-electron chi connectivity index (χ0n) is 16.3. The topological polar surface area (TPSA) is 33.0 Å². The van der Waals surface area contributed by atoms with E-state index in [2.05, 4.69) is 33.0 Å². The van der Waals surface area contributed by atoms with Crippen molar-refractivity contribution in [2.24, 2.45) is 0 Å². The lowest BCUT2D eigenvalue weighted by atomic mass is 10.1. The maximum Gasteiger partial charge on any atom is 0.187 e. The molecule has 0 amide bonds. The summed E-state index contributed by atoms with van der Waals surface area (Å²) in [5, 5.41) is 8.63. The van der Waals surface area contributed by atoms with Crippen molar-refractivity contribution < 1.29 is 4.43 Å². The Morgan fingerprint density at radius 2 is 1.39 bits per heavy atom. The van der Waals surface area contributed by atoms with Crippen LogP contribution in [0.15, 0.2) is 0 Å². The summed E-state index contributed by atoms with van der Waals surface area (Å²) in [6.07, 6.45) is 17.2. The lowest BCUT2D eigenvalue weighted by Gasteiger charge is -2.27. The van der Waals surface area contributed by atoms with Crippen LogP contribution in [0.1, 0.15) is 97.3 Å². The quantitative estimate of drug-likeness (QED) is 0.220. The smallest absolute Gasteiger partial charge is 0.187 e. The molecule has 0 N–H and O–H groups in total. The van der Waals surface area contributed by atoms with Crippen LogP contribution in [-0.4, -0.2) is 14.4 Å². The number of hydrogen-bond acceptors (Lipinski definition) is 2. The molecule has 3 heteroatoms. The highest BCUT2D eigenvalue weighted by Crippen LogP contribution is 2.20. The second kappa shape index (κ2) is 15.2. The molecule has 0 aromatic heterocycles. The first-order chi connectivity index (χ1) is 11.0. The molecule has 1 unspecified atom stereocenters. The standard InChI is InChI=1S/C20H41NOSi/c1-5-6-7-8-9-10-11-12-13-14-17-20(2)22-23(3,4)19-16-15-18-21/h20H,5-17,19H2,1-4H3. The molecule has 0 aromatic rings. The molecule has 0 bridgehead atoms. The highest BCUT2D eigenvalue weighted by atomic mass is 28.4. The Bertz CT molecular complexity index is 299. The summed E-state index contributed by atoms with van der Waals surface area (Å²) >= 11 is 0. The normalized spacial score (nSPS) is 13.0. The number of unbranched alkanes of at least 4 members (excludes halogenated alkanes) is 10. The molecule has 0 rings (SSSR count). The minimum Gasteiger partial charge on any atom is -0.415 e. The molecule has 0 heterocycles. The van der Waals surface area contributed by atoms with Crippen LogP contribution in [0.25, 0.3) is 0 Å². The van der Waals surface area contributed by atoms with Crippen molar-refractivity contribution in [3.63, 3.8) is 0 Å². The highest BCUT2D eigenvalue weighted by Gasteiger charge is 2.24. The van der Waals surface area contributed by atoms with E-state index in [0.717, 1.165) is 12.5 Å². The van der Waals surface area contributed by atoms with E-state index in [-0.39, 0.29) is 0 Å². The van der Waals surface area contributed by atoms with E-state index >= 15 is 0 Å². The van der Waals surface area contributed by atoms with Crippen LogP contribution in [0, 0.1) is 11.3 Å². The van der Waals surface area contributed by atoms with Gasteiger partial charge in [0, 0.05) is 12.5 Å². The predicted molar refractivity (Wildman–Crippen MR) is 104 cm³/mol. The van der Waals surface area contributed by atoms with Crippen molar-refractivity contribution in [1.82, 2.24) is 0 Å². The van der Waals surface area contributed by atoms with Gasteiger partial charge in [-0.2, -0.15) is 5.26 Å². The first kappa shape index (κ1) is 22.7. The Morgan fingerprint density at radius 1 is 0.870 bits per heavy atom. The largest absolute Gasteiger partial charge is 0.415 e. The number of hydrogen-bond donors (Lipinski definition) is 0. The van der Waals surface area contributed by atoms with Gasteiger partial charge in [0.1, 0.15) is 0 Å². The highest BCUT2D eigenvalue weighted by molar-refractivity contribution is 6.71. The molecule has 0 radical (unpaired) electrons. The summed E-state index contributed by atoms with van der Waals surface area (Å²) < 4.78 is 6.30. The Hall–Kier alpha value is -0.333. The molecule has 0 aromatic carbocycles. The molecular formula is C20H41NOSi. The second-order valence-corrected chi connectivity index (χ2v) is 11.9. The van der Waals surface area contributed by atoms with Crippen molar-refractivity contribution in [3.8, 4) is 6.07 Å². The molecular weight excluding hydrogens is 298 g/mol. The van der Waals surface area contributed by atoms with Gasteiger partial charge in [0.25, 0.3) is 0 Å². The first-order valence-electron chi connectivity index (χ1n) is 10.1. The summed E-state index contributed by atoms with van der Waals surface area (Å²) in [6, 6.07) is 3.35. The molecule has 2 nitrogen and oxygen atoms in total. The average molecular weight is 340 g/mol. The molecule has 0 spiro atoms. The summed E-state index contributed by atoms with van der Waals surface area (Å²) in [5.41, 5.74) is 0. The van der Waals surface area contributed by atoms with Crippen molar-refractivity contribution >= 4 is 8.32 Å². The van der Waals surface area contributed by atoms with Crippen LogP contribution in [0.4, 0.5) is 0 Å². The Balaban J connectivity index is 3.45. The van der Waals surface area contributed by atoms with Crippen LogP contribution in [0.5, 0.6) is 0 Å². The zero-order chi connectivity index (χ0) is 17.4. The van der Waals surface area contributed by atoms with Crippen LogP contribution >= 0.6 is 0 Å². The van der Waals surface area contributed by atoms with Gasteiger partial charge in [0.15, 0.2) is 8.32 Å². The van der Waals surface area contributed by atoms with E-state index in [4.69, 9.17) is 9.69 Å². The van der Waals surface area contributed by atoms with Crippen LogP contribution in [-0.2, 0) is 4.43 Å². The first-order valence-corrected chi connectivity index (χ1v) is 13.2. The van der Waals surface area contributed by atoms with Gasteiger partial charge >= 0.3 is 0 Å². The van der Waals surface area contributed by atoms with Crippen molar-refractivity contribution in [2.75, 3.05) is 0 Å². The molecule has 0 aliphatic rings. The fraction of sp³-hybridized carbons (Fsp3) is 0.950. The molecule has 23 heavy (non-hydrogen) atoms. The molecule has 0 aliphatic carbocycles. The Kier molecular flexibility index (Phi) is 15.0. The van der Waals surface area contributed by atoms with Gasteiger partial charge < -0.3 is 4.43 Å². The van der Waals surface area contributed by atoms with Crippen molar-refractivity contribution in [3.05, 3.63) is 0 Å². The monoisotopic (exact) mass is 339 g/mol. The third kappa shape index (κ3) is 16.3. The van der Waals surface area contributed by atoms with Gasteiger partial charge in [-0.05, 0) is 38.9 Å². The van der Waals surface area contributed by atoms with Crippen molar-refractivity contribution in [1.29, 1.82) is 5.26 Å². The van der Waals surface area contributed by atoms with Gasteiger partial charge in [-0.1, -0.05) is 71.1 Å². The van der Waals surface area contributed by atoms with Crippen LogP contribution in [0.3, 0.4) is 0 Å². The van der Waals surface area contributed by atoms with Gasteiger partial charge in [0.2, 0.25) is 0 Å². The Morgan fingerprint density at radius 3 is 1.91 bits per heavy atom. The van der Waals surface area contributed by atoms with E-state index in [9.17, 15) is 0 Å². The second-order valence-electron chi connectivity index (χ2n) is 7.67. The summed E-state index contributed by atoms with van der Waals surface area (Å²) in [5.74, 6) is 0. The molecule has 1 atom stereocenters. The van der Waals surface area contributed by atoms with Crippen molar-refractivity contribution in [2.45, 2.75) is 123 Å². The third-order valence-corrected chi connectivity index (χ3v) is 7.15. The summed E-state index contributed by atoms with van der Waals surface area (Å²) in [4.78, 5) is 0. The molecule has 0 saturated heterocycles. The third-order valence-electron chi connectivity index (χ3n) is 4.55. The van der Waals surface area contributed by atoms with Gasteiger partial charge in [0.05, 0.1) is 6.07 Å². The van der Waals surface area contributed by atoms with E-state index in [1.165, 1.54) is 70.6 Å². The van der Waals surface area contributed by atoms with E-state index in [0.29, 0.717) is 12.5 Å². The lowest BCUT2D eigenvalue weighted by molar-refractivity contribution is 0.195. The SMILES string of the molecule is CCCCCCCCCCCCC(C)O[Si](C)(C)CCCC#N. The summed E-state index contributed by atoms with van der Waals surface area (Å²) in [6.45, 7) is 9.09. The minimum atomic E-state index is -1.55. The van der Waals surface area contributed by atoms with Gasteiger partial charge in [-0.3, -0.25) is 0 Å². The number of nitriles is 1. The zero-order valence-corrected chi connectivity index (χ0v) is 17.3.